The van der Waals surface area contributed by atoms with Crippen molar-refractivity contribution in [2.75, 3.05) is 13.2 Å². The van der Waals surface area contributed by atoms with Crippen molar-refractivity contribution >= 4 is 17.9 Å². The Balaban J connectivity index is 4.26. The molecular formula is C57H110O6. The van der Waals surface area contributed by atoms with Crippen molar-refractivity contribution in [1.29, 1.82) is 0 Å². The summed E-state index contributed by atoms with van der Waals surface area (Å²) in [4.78, 5) is 38.1. The summed E-state index contributed by atoms with van der Waals surface area (Å²) in [6.07, 6.45) is 55.2. The maximum atomic E-state index is 12.8. The van der Waals surface area contributed by atoms with E-state index in [0.29, 0.717) is 19.3 Å². The van der Waals surface area contributed by atoms with E-state index < -0.39 is 6.10 Å². The molecule has 0 N–H and O–H groups in total. The van der Waals surface area contributed by atoms with Crippen LogP contribution in [0, 0.1) is 5.92 Å². The van der Waals surface area contributed by atoms with E-state index >= 15 is 0 Å². The molecule has 0 heterocycles. The number of hydrogen-bond acceptors (Lipinski definition) is 6. The molecule has 0 saturated heterocycles. The number of carbonyl (C=O) groups excluding carboxylic acids is 3. The van der Waals surface area contributed by atoms with E-state index in [1.165, 1.54) is 218 Å². The van der Waals surface area contributed by atoms with Gasteiger partial charge in [-0.1, -0.05) is 285 Å². The van der Waals surface area contributed by atoms with Crippen LogP contribution in [0.15, 0.2) is 0 Å². The fourth-order valence-corrected chi connectivity index (χ4v) is 8.75. The van der Waals surface area contributed by atoms with Gasteiger partial charge in [-0.2, -0.15) is 0 Å². The highest BCUT2D eigenvalue weighted by Crippen LogP contribution is 2.18. The van der Waals surface area contributed by atoms with Crippen LogP contribution >= 0.6 is 0 Å². The number of rotatable bonds is 52. The molecule has 0 amide bonds. The van der Waals surface area contributed by atoms with E-state index in [1.54, 1.807) is 0 Å². The lowest BCUT2D eigenvalue weighted by Gasteiger charge is -2.18. The van der Waals surface area contributed by atoms with Gasteiger partial charge in [0.1, 0.15) is 13.2 Å². The second-order valence-electron chi connectivity index (χ2n) is 20.1. The Morgan fingerprint density at radius 1 is 0.302 bits per heavy atom. The van der Waals surface area contributed by atoms with Gasteiger partial charge in [0.2, 0.25) is 0 Å². The maximum absolute atomic E-state index is 12.8. The van der Waals surface area contributed by atoms with Gasteiger partial charge >= 0.3 is 17.9 Å². The maximum Gasteiger partial charge on any atom is 0.306 e. The van der Waals surface area contributed by atoms with Crippen LogP contribution in [0.1, 0.15) is 323 Å². The van der Waals surface area contributed by atoms with E-state index in [9.17, 15) is 14.4 Å². The zero-order valence-corrected chi connectivity index (χ0v) is 43.0. The fraction of sp³-hybridized carbons (Fsp3) is 0.947. The first-order valence-electron chi connectivity index (χ1n) is 28.4. The lowest BCUT2D eigenvalue weighted by molar-refractivity contribution is -0.167. The van der Waals surface area contributed by atoms with E-state index in [1.807, 2.05) is 0 Å². The second kappa shape index (κ2) is 51.4. The molecule has 1 atom stereocenters. The average molecular weight is 892 g/mol. The fourth-order valence-electron chi connectivity index (χ4n) is 8.75. The van der Waals surface area contributed by atoms with Crippen molar-refractivity contribution in [3.05, 3.63) is 0 Å². The molecule has 0 radical (unpaired) electrons. The van der Waals surface area contributed by atoms with Gasteiger partial charge in [-0.25, -0.2) is 0 Å². The number of unbranched alkanes of at least 4 members (excludes halogenated alkanes) is 39. The summed E-state index contributed by atoms with van der Waals surface area (Å²) >= 11 is 0. The lowest BCUT2D eigenvalue weighted by Crippen LogP contribution is -2.30. The Morgan fingerprint density at radius 3 is 0.778 bits per heavy atom. The molecule has 6 heteroatoms. The third kappa shape index (κ3) is 51.3. The molecule has 63 heavy (non-hydrogen) atoms. The van der Waals surface area contributed by atoms with Crippen molar-refractivity contribution < 1.29 is 28.6 Å². The average Bonchev–Trinajstić information content (AvgIpc) is 3.27. The predicted molar refractivity (Wildman–Crippen MR) is 270 cm³/mol. The molecule has 374 valence electrons. The minimum Gasteiger partial charge on any atom is -0.462 e. The summed E-state index contributed by atoms with van der Waals surface area (Å²) in [5.74, 6) is -0.0137. The van der Waals surface area contributed by atoms with Gasteiger partial charge in [-0.05, 0) is 25.2 Å². The van der Waals surface area contributed by atoms with Gasteiger partial charge < -0.3 is 14.2 Å². The van der Waals surface area contributed by atoms with Crippen LogP contribution in [-0.2, 0) is 28.6 Å². The summed E-state index contributed by atoms with van der Waals surface area (Å²) in [6.45, 7) is 9.04. The molecule has 0 aromatic rings. The summed E-state index contributed by atoms with van der Waals surface area (Å²) in [6, 6.07) is 0. The third-order valence-electron chi connectivity index (χ3n) is 13.0. The Morgan fingerprint density at radius 2 is 0.524 bits per heavy atom. The number of ether oxygens (including phenoxy) is 3. The zero-order valence-electron chi connectivity index (χ0n) is 43.0. The van der Waals surface area contributed by atoms with Crippen molar-refractivity contribution in [2.24, 2.45) is 5.92 Å². The van der Waals surface area contributed by atoms with Crippen molar-refractivity contribution in [1.82, 2.24) is 0 Å². The number of carbonyl (C=O) groups is 3. The SMILES string of the molecule is CCCCCCCCCCCCCCCCCCCCCC(=O)OC[C@@H](COC(=O)CCCCCCCCCCCCCC)OC(=O)CCCCCCCCCCCCCC(C)C. The van der Waals surface area contributed by atoms with Crippen molar-refractivity contribution in [3.8, 4) is 0 Å². The van der Waals surface area contributed by atoms with Crippen LogP contribution in [-0.4, -0.2) is 37.2 Å². The monoisotopic (exact) mass is 891 g/mol. The highest BCUT2D eigenvalue weighted by Gasteiger charge is 2.19. The topological polar surface area (TPSA) is 78.9 Å². The molecule has 0 saturated carbocycles. The van der Waals surface area contributed by atoms with Crippen LogP contribution < -0.4 is 0 Å². The normalized spacial score (nSPS) is 12.0. The number of esters is 3. The highest BCUT2D eigenvalue weighted by molar-refractivity contribution is 5.71. The first kappa shape index (κ1) is 61.4. The van der Waals surface area contributed by atoms with E-state index in [0.717, 1.165) is 63.7 Å². The summed E-state index contributed by atoms with van der Waals surface area (Å²) in [7, 11) is 0. The van der Waals surface area contributed by atoms with Crippen LogP contribution in [0.5, 0.6) is 0 Å². The molecule has 0 aliphatic heterocycles. The van der Waals surface area contributed by atoms with Gasteiger partial charge in [-0.15, -0.1) is 0 Å². The van der Waals surface area contributed by atoms with E-state index in [2.05, 4.69) is 27.7 Å². The molecule has 0 aliphatic carbocycles. The van der Waals surface area contributed by atoms with Crippen molar-refractivity contribution in [2.45, 2.75) is 329 Å². The molecule has 0 unspecified atom stereocenters. The lowest BCUT2D eigenvalue weighted by atomic mass is 10.0. The van der Waals surface area contributed by atoms with Gasteiger partial charge in [-0.3, -0.25) is 14.4 Å². The Kier molecular flexibility index (Phi) is 50.1. The minimum absolute atomic E-state index is 0.0622. The van der Waals surface area contributed by atoms with Gasteiger partial charge in [0.15, 0.2) is 6.10 Å². The molecule has 0 aromatic heterocycles. The summed E-state index contributed by atoms with van der Waals surface area (Å²) in [5, 5.41) is 0. The molecule has 0 bridgehead atoms. The largest absolute Gasteiger partial charge is 0.462 e. The Bertz CT molecular complexity index is 949. The van der Waals surface area contributed by atoms with Crippen LogP contribution in [0.2, 0.25) is 0 Å². The van der Waals surface area contributed by atoms with Gasteiger partial charge in [0.25, 0.3) is 0 Å². The third-order valence-corrected chi connectivity index (χ3v) is 13.0. The molecule has 0 fully saturated rings. The molecule has 0 rings (SSSR count). The highest BCUT2D eigenvalue weighted by atomic mass is 16.6. The molecule has 0 spiro atoms. The second-order valence-corrected chi connectivity index (χ2v) is 20.1. The van der Waals surface area contributed by atoms with Crippen LogP contribution in [0.25, 0.3) is 0 Å². The Hall–Kier alpha value is -1.59. The first-order chi connectivity index (χ1) is 30.9. The van der Waals surface area contributed by atoms with E-state index in [-0.39, 0.29) is 31.1 Å². The van der Waals surface area contributed by atoms with Crippen LogP contribution in [0.3, 0.4) is 0 Å². The molecule has 6 nitrogen and oxygen atoms in total. The summed E-state index contributed by atoms with van der Waals surface area (Å²) in [5.41, 5.74) is 0. The standard InChI is InChI=1S/C57H110O6/c1-5-7-9-11-13-15-17-19-20-21-22-23-24-25-29-33-37-41-45-49-56(59)62-52-54(51-61-55(58)48-44-40-36-32-28-18-16-14-12-10-8-6-2)63-57(60)50-46-42-38-34-30-26-27-31-35-39-43-47-53(3)4/h53-54H,5-52H2,1-4H3/t54-/m1/s1. The van der Waals surface area contributed by atoms with E-state index in [4.69, 9.17) is 14.2 Å². The zero-order chi connectivity index (χ0) is 45.9. The predicted octanol–water partition coefficient (Wildman–Crippen LogP) is 18.6. The van der Waals surface area contributed by atoms with Gasteiger partial charge in [0.05, 0.1) is 0 Å². The molecule has 0 aromatic carbocycles. The first-order valence-corrected chi connectivity index (χ1v) is 28.4. The molecule has 0 aliphatic rings. The van der Waals surface area contributed by atoms with Crippen LogP contribution in [0.4, 0.5) is 0 Å². The number of hydrogen-bond donors (Lipinski definition) is 0. The smallest absolute Gasteiger partial charge is 0.306 e. The Labute approximate surface area is 393 Å². The quantitative estimate of drug-likeness (QED) is 0.0344. The van der Waals surface area contributed by atoms with Gasteiger partial charge in [0, 0.05) is 19.3 Å². The molecular weight excluding hydrogens is 781 g/mol. The summed E-state index contributed by atoms with van der Waals surface area (Å²) < 4.78 is 16.9. The minimum atomic E-state index is -0.761. The van der Waals surface area contributed by atoms with Crippen molar-refractivity contribution in [3.63, 3.8) is 0 Å².